The van der Waals surface area contributed by atoms with Crippen LogP contribution >= 0.6 is 11.3 Å². The molecule has 3 aromatic rings. The monoisotopic (exact) mass is 427 g/mol. The van der Waals surface area contributed by atoms with Crippen molar-refractivity contribution in [3.8, 4) is 11.5 Å². The average Bonchev–Trinajstić information content (AvgIpc) is 3.13. The van der Waals surface area contributed by atoms with Crippen LogP contribution in [0.1, 0.15) is 17.5 Å². The molecule has 0 fully saturated rings. The number of methoxy groups -OCH3 is 1. The van der Waals surface area contributed by atoms with Crippen molar-refractivity contribution in [2.75, 3.05) is 45.8 Å². The number of aromatic nitrogens is 1. The molecule has 3 rings (SSSR count). The Hall–Kier alpha value is -2.64. The van der Waals surface area contributed by atoms with Gasteiger partial charge in [0.05, 0.1) is 17.3 Å². The maximum atomic E-state index is 13.1. The molecule has 1 aromatic heterocycles. The summed E-state index contributed by atoms with van der Waals surface area (Å²) in [4.78, 5) is 21.7. The van der Waals surface area contributed by atoms with Crippen LogP contribution < -0.4 is 14.4 Å². The van der Waals surface area contributed by atoms with E-state index in [1.165, 1.54) is 11.1 Å². The van der Waals surface area contributed by atoms with Gasteiger partial charge in [0, 0.05) is 6.54 Å². The molecule has 0 saturated carbocycles. The molecule has 0 aliphatic rings. The van der Waals surface area contributed by atoms with Crippen molar-refractivity contribution >= 4 is 32.6 Å². The summed E-state index contributed by atoms with van der Waals surface area (Å²) < 4.78 is 12.0. The number of rotatable bonds is 9. The Balaban J connectivity index is 1.78. The fraction of sp³-hybridized carbons (Fsp3) is 0.391. The standard InChI is InChI=1S/C23H29N3O3S/c1-16-13-17(2)22-20(14-16)24-23(30-22)26(12-6-11-25(3)4)21(27)15-29-19-9-7-18(28-5)8-10-19/h7-10,13-14H,6,11-12,15H2,1-5H3. The van der Waals surface area contributed by atoms with Gasteiger partial charge in [0.15, 0.2) is 11.7 Å². The van der Waals surface area contributed by atoms with Crippen LogP contribution in [0.4, 0.5) is 5.13 Å². The van der Waals surface area contributed by atoms with Crippen LogP contribution in [0, 0.1) is 13.8 Å². The molecule has 0 N–H and O–H groups in total. The lowest BCUT2D eigenvalue weighted by Crippen LogP contribution is -2.36. The van der Waals surface area contributed by atoms with Crippen LogP contribution in [0.3, 0.4) is 0 Å². The quantitative estimate of drug-likeness (QED) is 0.510. The van der Waals surface area contributed by atoms with Gasteiger partial charge in [-0.2, -0.15) is 0 Å². The van der Waals surface area contributed by atoms with Gasteiger partial charge in [-0.1, -0.05) is 17.4 Å². The van der Waals surface area contributed by atoms with E-state index >= 15 is 0 Å². The number of hydrogen-bond donors (Lipinski definition) is 0. The van der Waals surface area contributed by atoms with Gasteiger partial charge in [0.25, 0.3) is 5.91 Å². The van der Waals surface area contributed by atoms with Crippen LogP contribution in [0.2, 0.25) is 0 Å². The molecule has 160 valence electrons. The molecule has 0 unspecified atom stereocenters. The lowest BCUT2D eigenvalue weighted by Gasteiger charge is -2.21. The van der Waals surface area contributed by atoms with E-state index in [1.807, 2.05) is 26.2 Å². The van der Waals surface area contributed by atoms with Crippen molar-refractivity contribution in [3.63, 3.8) is 0 Å². The van der Waals surface area contributed by atoms with Gasteiger partial charge in [-0.3, -0.25) is 9.69 Å². The van der Waals surface area contributed by atoms with E-state index in [-0.39, 0.29) is 12.5 Å². The molecule has 1 heterocycles. The number of carbonyl (C=O) groups is 1. The predicted octanol–water partition coefficient (Wildman–Crippen LogP) is 4.29. The van der Waals surface area contributed by atoms with Gasteiger partial charge in [-0.25, -0.2) is 4.98 Å². The van der Waals surface area contributed by atoms with Gasteiger partial charge >= 0.3 is 0 Å². The number of aryl methyl sites for hydroxylation is 2. The zero-order valence-corrected chi connectivity index (χ0v) is 19.1. The number of thiazole rings is 1. The highest BCUT2D eigenvalue weighted by Gasteiger charge is 2.21. The minimum Gasteiger partial charge on any atom is -0.497 e. The summed E-state index contributed by atoms with van der Waals surface area (Å²) in [7, 11) is 5.68. The van der Waals surface area contributed by atoms with Gasteiger partial charge in [0.2, 0.25) is 0 Å². The molecule has 2 aromatic carbocycles. The number of anilines is 1. The largest absolute Gasteiger partial charge is 0.497 e. The molecule has 0 radical (unpaired) electrons. The lowest BCUT2D eigenvalue weighted by molar-refractivity contribution is -0.120. The van der Waals surface area contributed by atoms with Crippen LogP contribution in [-0.4, -0.2) is 56.7 Å². The van der Waals surface area contributed by atoms with Crippen LogP contribution in [-0.2, 0) is 4.79 Å². The molecule has 1 amide bonds. The third kappa shape index (κ3) is 5.49. The molecule has 7 heteroatoms. The Morgan fingerprint density at radius 1 is 1.07 bits per heavy atom. The zero-order valence-electron chi connectivity index (χ0n) is 18.3. The van der Waals surface area contributed by atoms with Crippen LogP contribution in [0.25, 0.3) is 10.2 Å². The normalized spacial score (nSPS) is 11.1. The van der Waals surface area contributed by atoms with E-state index in [1.54, 1.807) is 35.5 Å². The maximum absolute atomic E-state index is 13.1. The summed E-state index contributed by atoms with van der Waals surface area (Å²) in [6.07, 6.45) is 0.856. The van der Waals surface area contributed by atoms with Crippen molar-refractivity contribution in [1.82, 2.24) is 9.88 Å². The number of benzene rings is 2. The maximum Gasteiger partial charge on any atom is 0.266 e. The zero-order chi connectivity index (χ0) is 21.7. The molecule has 0 aliphatic carbocycles. The number of fused-ring (bicyclic) bond motifs is 1. The molecular formula is C23H29N3O3S. The average molecular weight is 428 g/mol. The van der Waals surface area contributed by atoms with Gasteiger partial charge in [-0.05, 0) is 82.4 Å². The lowest BCUT2D eigenvalue weighted by atomic mass is 10.1. The molecule has 30 heavy (non-hydrogen) atoms. The van der Waals surface area contributed by atoms with E-state index in [9.17, 15) is 4.79 Å². The fourth-order valence-corrected chi connectivity index (χ4v) is 4.31. The number of ether oxygens (including phenoxy) is 2. The molecular weight excluding hydrogens is 398 g/mol. The van der Waals surface area contributed by atoms with Crippen molar-refractivity contribution in [2.24, 2.45) is 0 Å². The SMILES string of the molecule is COc1ccc(OCC(=O)N(CCCN(C)C)c2nc3cc(C)cc(C)c3s2)cc1. The van der Waals surface area contributed by atoms with Crippen LogP contribution in [0.15, 0.2) is 36.4 Å². The number of carbonyl (C=O) groups excluding carboxylic acids is 1. The Morgan fingerprint density at radius 2 is 1.77 bits per heavy atom. The summed E-state index contributed by atoms with van der Waals surface area (Å²) in [5, 5.41) is 0.723. The van der Waals surface area contributed by atoms with E-state index in [0.29, 0.717) is 12.3 Å². The van der Waals surface area contributed by atoms with Crippen molar-refractivity contribution in [1.29, 1.82) is 0 Å². The second-order valence-corrected chi connectivity index (χ2v) is 8.57. The summed E-state index contributed by atoms with van der Waals surface area (Å²) in [6.45, 7) is 5.60. The van der Waals surface area contributed by atoms with E-state index < -0.39 is 0 Å². The fourth-order valence-electron chi connectivity index (χ4n) is 3.25. The van der Waals surface area contributed by atoms with Crippen LogP contribution in [0.5, 0.6) is 11.5 Å². The van der Waals surface area contributed by atoms with Gasteiger partial charge in [-0.15, -0.1) is 0 Å². The second-order valence-electron chi connectivity index (χ2n) is 7.59. The predicted molar refractivity (Wildman–Crippen MR) is 123 cm³/mol. The summed E-state index contributed by atoms with van der Waals surface area (Å²) in [5.41, 5.74) is 3.29. The Morgan fingerprint density at radius 3 is 2.43 bits per heavy atom. The molecule has 6 nitrogen and oxygen atoms in total. The highest BCUT2D eigenvalue weighted by Crippen LogP contribution is 2.32. The highest BCUT2D eigenvalue weighted by molar-refractivity contribution is 7.22. The third-order valence-electron chi connectivity index (χ3n) is 4.75. The highest BCUT2D eigenvalue weighted by atomic mass is 32.1. The Kier molecular flexibility index (Phi) is 7.29. The minimum atomic E-state index is -0.0991. The summed E-state index contributed by atoms with van der Waals surface area (Å²) >= 11 is 1.56. The van der Waals surface area contributed by atoms with E-state index in [0.717, 1.165) is 34.1 Å². The Labute approximate surface area is 182 Å². The van der Waals surface area contributed by atoms with Gasteiger partial charge in [0.1, 0.15) is 11.5 Å². The summed E-state index contributed by atoms with van der Waals surface area (Å²) in [5.74, 6) is 1.28. The first-order valence-corrected chi connectivity index (χ1v) is 10.8. The third-order valence-corrected chi connectivity index (χ3v) is 5.98. The number of nitrogens with zero attached hydrogens (tertiary/aromatic N) is 3. The number of hydrogen-bond acceptors (Lipinski definition) is 6. The first-order chi connectivity index (χ1) is 14.4. The Bertz CT molecular complexity index is 999. The van der Waals surface area contributed by atoms with Crippen molar-refractivity contribution in [3.05, 3.63) is 47.5 Å². The smallest absolute Gasteiger partial charge is 0.266 e. The van der Waals surface area contributed by atoms with Crippen molar-refractivity contribution in [2.45, 2.75) is 20.3 Å². The number of amides is 1. The second kappa shape index (κ2) is 9.91. The topological polar surface area (TPSA) is 54.9 Å². The van der Waals surface area contributed by atoms with E-state index in [4.69, 9.17) is 14.5 Å². The molecule has 0 bridgehead atoms. The van der Waals surface area contributed by atoms with Crippen molar-refractivity contribution < 1.29 is 14.3 Å². The molecule has 0 aliphatic heterocycles. The first kappa shape index (κ1) is 22.1. The molecule has 0 saturated heterocycles. The molecule has 0 spiro atoms. The van der Waals surface area contributed by atoms with E-state index in [2.05, 4.69) is 30.9 Å². The first-order valence-electron chi connectivity index (χ1n) is 9.97. The van der Waals surface area contributed by atoms with Gasteiger partial charge < -0.3 is 14.4 Å². The molecule has 0 atom stereocenters. The summed E-state index contributed by atoms with van der Waals surface area (Å²) in [6, 6.07) is 11.4. The minimum absolute atomic E-state index is 0.0395.